The number of hydrogen-bond donors (Lipinski definition) is 2. The summed E-state index contributed by atoms with van der Waals surface area (Å²) in [5.41, 5.74) is 1.85. The summed E-state index contributed by atoms with van der Waals surface area (Å²) in [5, 5.41) is 21.1. The van der Waals surface area contributed by atoms with E-state index in [0.717, 1.165) is 17.4 Å². The van der Waals surface area contributed by atoms with Gasteiger partial charge in [0.05, 0.1) is 0 Å². The van der Waals surface area contributed by atoms with Gasteiger partial charge in [-0.25, -0.2) is 0 Å². The second-order valence-corrected chi connectivity index (χ2v) is 3.79. The Hall–Kier alpha value is -1.70. The van der Waals surface area contributed by atoms with Gasteiger partial charge in [0.25, 0.3) is 0 Å². The standard InChI is InChI=1S/C13H14O2/c1-3-9-4-5-10-11(7-9)12(14)6-8(2)13(10)15/h4-7,14-15H,3H2,1-2H3. The Balaban J connectivity index is 2.84. The minimum Gasteiger partial charge on any atom is -0.507 e. The van der Waals surface area contributed by atoms with E-state index in [9.17, 15) is 10.2 Å². The van der Waals surface area contributed by atoms with Crippen molar-refractivity contribution in [1.29, 1.82) is 0 Å². The molecule has 0 unspecified atom stereocenters. The quantitative estimate of drug-likeness (QED) is 0.697. The molecule has 0 saturated heterocycles. The van der Waals surface area contributed by atoms with Crippen molar-refractivity contribution < 1.29 is 10.2 Å². The van der Waals surface area contributed by atoms with Gasteiger partial charge in [0.2, 0.25) is 0 Å². The lowest BCUT2D eigenvalue weighted by Crippen LogP contribution is -1.84. The topological polar surface area (TPSA) is 40.5 Å². The molecule has 0 fully saturated rings. The highest BCUT2D eigenvalue weighted by atomic mass is 16.3. The van der Waals surface area contributed by atoms with Crippen LogP contribution in [-0.4, -0.2) is 10.2 Å². The van der Waals surface area contributed by atoms with Crippen LogP contribution >= 0.6 is 0 Å². The number of benzene rings is 2. The van der Waals surface area contributed by atoms with E-state index in [0.29, 0.717) is 10.9 Å². The summed E-state index contributed by atoms with van der Waals surface area (Å²) >= 11 is 0. The summed E-state index contributed by atoms with van der Waals surface area (Å²) in [6.07, 6.45) is 0.921. The van der Waals surface area contributed by atoms with Crippen LogP contribution in [0, 0.1) is 6.92 Å². The molecule has 2 aromatic carbocycles. The van der Waals surface area contributed by atoms with Crippen LogP contribution in [0.25, 0.3) is 10.8 Å². The number of rotatable bonds is 1. The predicted octanol–water partition coefficient (Wildman–Crippen LogP) is 3.12. The highest BCUT2D eigenvalue weighted by Crippen LogP contribution is 2.35. The minimum absolute atomic E-state index is 0.232. The van der Waals surface area contributed by atoms with Crippen LogP contribution in [0.1, 0.15) is 18.1 Å². The van der Waals surface area contributed by atoms with Crippen LogP contribution in [0.3, 0.4) is 0 Å². The molecule has 0 saturated carbocycles. The molecule has 2 N–H and O–H groups in total. The Morgan fingerprint density at radius 2 is 1.80 bits per heavy atom. The Kier molecular flexibility index (Phi) is 2.27. The van der Waals surface area contributed by atoms with E-state index >= 15 is 0 Å². The Morgan fingerprint density at radius 1 is 1.07 bits per heavy atom. The highest BCUT2D eigenvalue weighted by molar-refractivity contribution is 5.94. The maximum Gasteiger partial charge on any atom is 0.126 e. The minimum atomic E-state index is 0.232. The first-order valence-corrected chi connectivity index (χ1v) is 5.07. The van der Waals surface area contributed by atoms with Gasteiger partial charge in [0.15, 0.2) is 0 Å². The maximum absolute atomic E-state index is 9.84. The zero-order chi connectivity index (χ0) is 11.0. The van der Waals surface area contributed by atoms with E-state index in [-0.39, 0.29) is 11.5 Å². The van der Waals surface area contributed by atoms with Crippen molar-refractivity contribution in [3.05, 3.63) is 35.4 Å². The zero-order valence-corrected chi connectivity index (χ0v) is 8.91. The van der Waals surface area contributed by atoms with Crippen molar-refractivity contribution in [3.63, 3.8) is 0 Å². The average Bonchev–Trinajstić information content (AvgIpc) is 2.25. The number of fused-ring (bicyclic) bond motifs is 1. The van der Waals surface area contributed by atoms with Crippen molar-refractivity contribution in [2.45, 2.75) is 20.3 Å². The fourth-order valence-corrected chi connectivity index (χ4v) is 1.79. The molecule has 0 aliphatic heterocycles. The van der Waals surface area contributed by atoms with Gasteiger partial charge in [0.1, 0.15) is 11.5 Å². The Morgan fingerprint density at radius 3 is 2.47 bits per heavy atom. The first-order chi connectivity index (χ1) is 7.13. The van der Waals surface area contributed by atoms with E-state index in [1.54, 1.807) is 13.0 Å². The number of phenols is 2. The van der Waals surface area contributed by atoms with Crippen LogP contribution in [0.5, 0.6) is 11.5 Å². The Labute approximate surface area is 88.8 Å². The molecule has 0 spiro atoms. The fraction of sp³-hybridized carbons (Fsp3) is 0.231. The second-order valence-electron chi connectivity index (χ2n) is 3.79. The van der Waals surface area contributed by atoms with Gasteiger partial charge in [-0.15, -0.1) is 0 Å². The summed E-state index contributed by atoms with van der Waals surface area (Å²) in [7, 11) is 0. The molecule has 0 heterocycles. The summed E-state index contributed by atoms with van der Waals surface area (Å²) in [4.78, 5) is 0. The van der Waals surface area contributed by atoms with Crippen molar-refractivity contribution >= 4 is 10.8 Å². The molecule has 2 heteroatoms. The molecule has 0 atom stereocenters. The number of hydrogen-bond acceptors (Lipinski definition) is 2. The lowest BCUT2D eigenvalue weighted by atomic mass is 10.0. The molecule has 2 nitrogen and oxygen atoms in total. The summed E-state index contributed by atoms with van der Waals surface area (Å²) in [5.74, 6) is 0.487. The summed E-state index contributed by atoms with van der Waals surface area (Å²) in [6, 6.07) is 7.35. The van der Waals surface area contributed by atoms with Crippen LogP contribution in [-0.2, 0) is 6.42 Å². The number of phenolic OH excluding ortho intramolecular Hbond substituents is 2. The Bertz CT molecular complexity index is 515. The van der Waals surface area contributed by atoms with Crippen LogP contribution in [0.15, 0.2) is 24.3 Å². The smallest absolute Gasteiger partial charge is 0.126 e. The normalized spacial score (nSPS) is 10.8. The van der Waals surface area contributed by atoms with Gasteiger partial charge in [-0.3, -0.25) is 0 Å². The molecule has 78 valence electrons. The monoisotopic (exact) mass is 202 g/mol. The van der Waals surface area contributed by atoms with Crippen molar-refractivity contribution in [1.82, 2.24) is 0 Å². The van der Waals surface area contributed by atoms with Gasteiger partial charge >= 0.3 is 0 Å². The van der Waals surface area contributed by atoms with E-state index in [4.69, 9.17) is 0 Å². The van der Waals surface area contributed by atoms with Crippen molar-refractivity contribution in [2.75, 3.05) is 0 Å². The molecule has 0 amide bonds. The van der Waals surface area contributed by atoms with Gasteiger partial charge in [-0.2, -0.15) is 0 Å². The highest BCUT2D eigenvalue weighted by Gasteiger charge is 2.08. The van der Waals surface area contributed by atoms with Crippen molar-refractivity contribution in [3.8, 4) is 11.5 Å². The average molecular weight is 202 g/mol. The summed E-state index contributed by atoms with van der Waals surface area (Å²) in [6.45, 7) is 3.84. The molecule has 0 radical (unpaired) electrons. The third kappa shape index (κ3) is 1.52. The van der Waals surface area contributed by atoms with Crippen LogP contribution in [0.4, 0.5) is 0 Å². The third-order valence-electron chi connectivity index (χ3n) is 2.75. The SMILES string of the molecule is CCc1ccc2c(O)c(C)cc(O)c2c1. The molecular formula is C13H14O2. The first-order valence-electron chi connectivity index (χ1n) is 5.07. The molecule has 0 bridgehead atoms. The molecule has 0 aromatic heterocycles. The lowest BCUT2D eigenvalue weighted by molar-refractivity contribution is 0.466. The van der Waals surface area contributed by atoms with Gasteiger partial charge in [-0.05, 0) is 36.6 Å². The number of aromatic hydroxyl groups is 2. The molecule has 15 heavy (non-hydrogen) atoms. The van der Waals surface area contributed by atoms with Gasteiger partial charge < -0.3 is 10.2 Å². The zero-order valence-electron chi connectivity index (χ0n) is 8.91. The molecule has 0 aliphatic rings. The summed E-state index contributed by atoms with van der Waals surface area (Å²) < 4.78 is 0. The molecular weight excluding hydrogens is 188 g/mol. The first kappa shape index (κ1) is 9.84. The predicted molar refractivity (Wildman–Crippen MR) is 61.4 cm³/mol. The molecule has 0 aliphatic carbocycles. The van der Waals surface area contributed by atoms with Gasteiger partial charge in [-0.1, -0.05) is 19.1 Å². The fourth-order valence-electron chi connectivity index (χ4n) is 1.79. The lowest BCUT2D eigenvalue weighted by Gasteiger charge is -2.08. The van der Waals surface area contributed by atoms with E-state index in [2.05, 4.69) is 6.92 Å². The maximum atomic E-state index is 9.84. The van der Waals surface area contributed by atoms with E-state index in [1.165, 1.54) is 0 Å². The van der Waals surface area contributed by atoms with E-state index < -0.39 is 0 Å². The largest absolute Gasteiger partial charge is 0.507 e. The van der Waals surface area contributed by atoms with Crippen LogP contribution in [0.2, 0.25) is 0 Å². The van der Waals surface area contributed by atoms with E-state index in [1.807, 2.05) is 18.2 Å². The number of aryl methyl sites for hydroxylation is 2. The molecule has 2 rings (SSSR count). The third-order valence-corrected chi connectivity index (χ3v) is 2.75. The van der Waals surface area contributed by atoms with Crippen molar-refractivity contribution in [2.24, 2.45) is 0 Å². The van der Waals surface area contributed by atoms with Gasteiger partial charge in [0, 0.05) is 10.8 Å². The van der Waals surface area contributed by atoms with Crippen LogP contribution < -0.4 is 0 Å². The second kappa shape index (κ2) is 3.46. The molecule has 2 aromatic rings.